The summed E-state index contributed by atoms with van der Waals surface area (Å²) in [6, 6.07) is 5.73. The summed E-state index contributed by atoms with van der Waals surface area (Å²) in [6.45, 7) is 6.84. The van der Waals surface area contributed by atoms with Crippen LogP contribution in [0.25, 0.3) is 0 Å². The van der Waals surface area contributed by atoms with E-state index in [0.29, 0.717) is 6.61 Å². The number of ketones is 1. The molecule has 0 saturated heterocycles. The summed E-state index contributed by atoms with van der Waals surface area (Å²) in [5.74, 6) is 0.0946. The lowest BCUT2D eigenvalue weighted by Crippen LogP contribution is -2.19. The molecule has 122 valence electrons. The maximum Gasteiger partial charge on any atom is 0.313 e. The normalized spacial score (nSPS) is 10.1. The van der Waals surface area contributed by atoms with Crippen LogP contribution in [0.3, 0.4) is 0 Å². The fourth-order valence-electron chi connectivity index (χ4n) is 1.85. The van der Waals surface area contributed by atoms with Crippen molar-refractivity contribution >= 4 is 17.4 Å². The highest BCUT2D eigenvalue weighted by Gasteiger charge is 2.10. The Morgan fingerprint density at radius 3 is 2.68 bits per heavy atom. The molecule has 0 aliphatic rings. The molecular weight excluding hydrogens is 282 g/mol. The molecule has 1 rings (SSSR count). The van der Waals surface area contributed by atoms with Crippen LogP contribution >= 0.6 is 0 Å². The van der Waals surface area contributed by atoms with E-state index in [0.717, 1.165) is 29.8 Å². The minimum atomic E-state index is -0.484. The molecule has 0 amide bonds. The van der Waals surface area contributed by atoms with Crippen molar-refractivity contribution in [3.8, 4) is 5.75 Å². The third kappa shape index (κ3) is 6.61. The molecule has 0 bridgehead atoms. The summed E-state index contributed by atoms with van der Waals surface area (Å²) in [4.78, 5) is 23.0. The van der Waals surface area contributed by atoms with Crippen molar-refractivity contribution in [3.05, 3.63) is 23.8 Å². The van der Waals surface area contributed by atoms with Gasteiger partial charge in [0.15, 0.2) is 5.78 Å². The monoisotopic (exact) mass is 307 g/mol. The lowest BCUT2D eigenvalue weighted by Gasteiger charge is -2.12. The highest BCUT2D eigenvalue weighted by Crippen LogP contribution is 2.22. The van der Waals surface area contributed by atoms with E-state index in [1.54, 1.807) is 6.92 Å². The Labute approximate surface area is 132 Å². The van der Waals surface area contributed by atoms with Gasteiger partial charge in [0.2, 0.25) is 0 Å². The van der Waals surface area contributed by atoms with Crippen LogP contribution in [-0.4, -0.2) is 31.5 Å². The Morgan fingerprint density at radius 1 is 1.23 bits per heavy atom. The second-order valence-electron chi connectivity index (χ2n) is 5.05. The molecule has 0 unspecified atom stereocenters. The van der Waals surface area contributed by atoms with Gasteiger partial charge in [0.1, 0.15) is 12.2 Å². The number of hydrogen-bond donors (Lipinski definition) is 1. The first-order valence-electron chi connectivity index (χ1n) is 7.71. The Balaban J connectivity index is 2.51. The number of esters is 1. The fourth-order valence-corrected chi connectivity index (χ4v) is 1.85. The van der Waals surface area contributed by atoms with Crippen molar-refractivity contribution in [2.45, 2.75) is 40.0 Å². The van der Waals surface area contributed by atoms with Crippen molar-refractivity contribution in [2.24, 2.45) is 0 Å². The van der Waals surface area contributed by atoms with E-state index in [1.807, 2.05) is 25.1 Å². The van der Waals surface area contributed by atoms with E-state index in [1.165, 1.54) is 0 Å². The quantitative estimate of drug-likeness (QED) is 0.409. The number of nitrogens with one attached hydrogen (secondary N) is 1. The molecule has 0 heterocycles. The average molecular weight is 307 g/mol. The summed E-state index contributed by atoms with van der Waals surface area (Å²) in [7, 11) is 0. The largest absolute Gasteiger partial charge is 0.494 e. The number of ether oxygens (including phenoxy) is 2. The summed E-state index contributed by atoms with van der Waals surface area (Å²) in [5, 5.41) is 3.05. The van der Waals surface area contributed by atoms with Crippen molar-refractivity contribution in [3.63, 3.8) is 0 Å². The highest BCUT2D eigenvalue weighted by atomic mass is 16.5. The number of anilines is 1. The maximum atomic E-state index is 11.7. The molecule has 0 fully saturated rings. The highest BCUT2D eigenvalue weighted by molar-refractivity contribution is 5.97. The molecule has 0 radical (unpaired) electrons. The van der Waals surface area contributed by atoms with Gasteiger partial charge in [0.05, 0.1) is 19.8 Å². The molecule has 1 N–H and O–H groups in total. The third-order valence-corrected chi connectivity index (χ3v) is 3.10. The van der Waals surface area contributed by atoms with Gasteiger partial charge in [-0.3, -0.25) is 9.59 Å². The summed E-state index contributed by atoms with van der Waals surface area (Å²) >= 11 is 0. The molecule has 1 aromatic rings. The standard InChI is InChI=1S/C17H25NO4/c1-4-6-9-22-15-8-7-13(3)16(11-15)18-12-14(19)10-17(20)21-5-2/h7-8,11,18H,4-6,9-10,12H2,1-3H3. The van der Waals surface area contributed by atoms with Crippen molar-refractivity contribution in [1.29, 1.82) is 0 Å². The second kappa shape index (κ2) is 9.82. The van der Waals surface area contributed by atoms with E-state index in [-0.39, 0.29) is 25.4 Å². The van der Waals surface area contributed by atoms with Gasteiger partial charge in [0, 0.05) is 11.8 Å². The Morgan fingerprint density at radius 2 is 2.00 bits per heavy atom. The van der Waals surface area contributed by atoms with Crippen LogP contribution in [0.2, 0.25) is 0 Å². The predicted octanol–water partition coefficient (Wildman–Crippen LogP) is 3.11. The number of Topliss-reactive ketones (excluding diaryl/α,β-unsaturated/α-hetero) is 1. The van der Waals surface area contributed by atoms with Crippen LogP contribution in [-0.2, 0) is 14.3 Å². The minimum Gasteiger partial charge on any atom is -0.494 e. The molecule has 22 heavy (non-hydrogen) atoms. The molecule has 0 aliphatic carbocycles. The number of carbonyl (C=O) groups excluding carboxylic acids is 2. The smallest absolute Gasteiger partial charge is 0.313 e. The Bertz CT molecular complexity index is 499. The first-order valence-corrected chi connectivity index (χ1v) is 7.71. The molecule has 0 aromatic heterocycles. The number of unbranched alkanes of at least 4 members (excludes halogenated alkanes) is 1. The predicted molar refractivity (Wildman–Crippen MR) is 86.3 cm³/mol. The first kappa shape index (κ1) is 18.0. The minimum absolute atomic E-state index is 0.0953. The zero-order chi connectivity index (χ0) is 16.4. The van der Waals surface area contributed by atoms with Crippen molar-refractivity contribution < 1.29 is 19.1 Å². The van der Waals surface area contributed by atoms with E-state index in [2.05, 4.69) is 12.2 Å². The number of carbonyl (C=O) groups is 2. The second-order valence-corrected chi connectivity index (χ2v) is 5.05. The topological polar surface area (TPSA) is 64.6 Å². The molecule has 0 aliphatic heterocycles. The molecule has 0 saturated carbocycles. The zero-order valence-electron chi connectivity index (χ0n) is 13.6. The maximum absolute atomic E-state index is 11.7. The van der Waals surface area contributed by atoms with Crippen molar-refractivity contribution in [1.82, 2.24) is 0 Å². The number of rotatable bonds is 10. The van der Waals surface area contributed by atoms with E-state index < -0.39 is 5.97 Å². The Hall–Kier alpha value is -2.04. The van der Waals surface area contributed by atoms with Crippen LogP contribution < -0.4 is 10.1 Å². The van der Waals surface area contributed by atoms with Gasteiger partial charge in [-0.2, -0.15) is 0 Å². The lowest BCUT2D eigenvalue weighted by molar-refractivity contribution is -0.145. The van der Waals surface area contributed by atoms with Crippen LogP contribution in [0.5, 0.6) is 5.75 Å². The Kier molecular flexibility index (Phi) is 8.04. The fraction of sp³-hybridized carbons (Fsp3) is 0.529. The lowest BCUT2D eigenvalue weighted by atomic mass is 10.2. The molecule has 1 aromatic carbocycles. The van der Waals surface area contributed by atoms with Crippen LogP contribution in [0.4, 0.5) is 5.69 Å². The molecule has 5 nitrogen and oxygen atoms in total. The SMILES string of the molecule is CCCCOc1ccc(C)c(NCC(=O)CC(=O)OCC)c1. The molecular formula is C17H25NO4. The van der Waals surface area contributed by atoms with Crippen LogP contribution in [0.15, 0.2) is 18.2 Å². The van der Waals surface area contributed by atoms with Gasteiger partial charge >= 0.3 is 5.97 Å². The molecule has 0 atom stereocenters. The van der Waals surface area contributed by atoms with Gasteiger partial charge < -0.3 is 14.8 Å². The van der Waals surface area contributed by atoms with Gasteiger partial charge in [0.25, 0.3) is 0 Å². The summed E-state index contributed by atoms with van der Waals surface area (Å²) in [6.07, 6.45) is 1.89. The van der Waals surface area contributed by atoms with E-state index >= 15 is 0 Å². The van der Waals surface area contributed by atoms with Gasteiger partial charge in [-0.05, 0) is 31.9 Å². The molecule has 5 heteroatoms. The summed E-state index contributed by atoms with van der Waals surface area (Å²) in [5.41, 5.74) is 1.86. The number of benzene rings is 1. The van der Waals surface area contributed by atoms with Gasteiger partial charge in [-0.1, -0.05) is 19.4 Å². The van der Waals surface area contributed by atoms with Crippen LogP contribution in [0, 0.1) is 6.92 Å². The van der Waals surface area contributed by atoms with E-state index in [9.17, 15) is 9.59 Å². The number of aryl methyl sites for hydroxylation is 1. The third-order valence-electron chi connectivity index (χ3n) is 3.10. The zero-order valence-corrected chi connectivity index (χ0v) is 13.6. The average Bonchev–Trinajstić information content (AvgIpc) is 2.48. The van der Waals surface area contributed by atoms with E-state index in [4.69, 9.17) is 9.47 Å². The van der Waals surface area contributed by atoms with Crippen LogP contribution in [0.1, 0.15) is 38.7 Å². The molecule has 0 spiro atoms. The summed E-state index contributed by atoms with van der Waals surface area (Å²) < 4.78 is 10.4. The van der Waals surface area contributed by atoms with Crippen molar-refractivity contribution in [2.75, 3.05) is 25.1 Å². The first-order chi connectivity index (χ1) is 10.6. The van der Waals surface area contributed by atoms with Gasteiger partial charge in [-0.15, -0.1) is 0 Å². The van der Waals surface area contributed by atoms with Gasteiger partial charge in [-0.25, -0.2) is 0 Å². The number of hydrogen-bond acceptors (Lipinski definition) is 5.